The van der Waals surface area contributed by atoms with Gasteiger partial charge < -0.3 is 38.9 Å². The Morgan fingerprint density at radius 1 is 0.690 bits per heavy atom. The minimum Gasteiger partial charge on any atom is -0.491 e. The summed E-state index contributed by atoms with van der Waals surface area (Å²) in [5, 5.41) is 0. The van der Waals surface area contributed by atoms with Crippen molar-refractivity contribution in [3.63, 3.8) is 0 Å². The summed E-state index contributed by atoms with van der Waals surface area (Å²) < 4.78 is 36.8. The van der Waals surface area contributed by atoms with Gasteiger partial charge in [-0.1, -0.05) is 0 Å². The lowest BCUT2D eigenvalue weighted by Gasteiger charge is -2.09. The normalized spacial score (nSPS) is 10.8. The first kappa shape index (κ1) is 25.1. The van der Waals surface area contributed by atoms with Crippen LogP contribution in [0.15, 0.2) is 24.3 Å². The molecule has 29 heavy (non-hydrogen) atoms. The molecule has 0 aliphatic heterocycles. The first-order valence-electron chi connectivity index (χ1n) is 9.66. The average molecular weight is 415 g/mol. The summed E-state index contributed by atoms with van der Waals surface area (Å²) in [5.74, 6) is 0.489. The largest absolute Gasteiger partial charge is 0.491 e. The Labute approximate surface area is 172 Å². The molecular weight excluding hydrogens is 382 g/mol. The highest BCUT2D eigenvalue weighted by Gasteiger charge is 1.99. The van der Waals surface area contributed by atoms with E-state index in [0.717, 1.165) is 5.75 Å². The van der Waals surface area contributed by atoms with Gasteiger partial charge in [0, 0.05) is 5.69 Å². The molecule has 0 saturated carbocycles. The van der Waals surface area contributed by atoms with Crippen molar-refractivity contribution in [1.29, 1.82) is 0 Å². The molecule has 0 unspecified atom stereocenters. The van der Waals surface area contributed by atoms with E-state index in [2.05, 4.69) is 4.74 Å². The van der Waals surface area contributed by atoms with E-state index in [9.17, 15) is 4.79 Å². The number of hydrogen-bond acceptors (Lipinski definition) is 9. The fourth-order valence-electron chi connectivity index (χ4n) is 2.02. The quantitative estimate of drug-likeness (QED) is 0.203. The highest BCUT2D eigenvalue weighted by molar-refractivity contribution is 5.69. The second-order valence-corrected chi connectivity index (χ2v) is 5.81. The molecule has 0 aliphatic rings. The fraction of sp³-hybridized carbons (Fsp3) is 0.650. The average Bonchev–Trinajstić information content (AvgIpc) is 2.74. The molecule has 0 aromatic heterocycles. The van der Waals surface area contributed by atoms with E-state index < -0.39 is 0 Å². The summed E-state index contributed by atoms with van der Waals surface area (Å²) in [6.45, 7) is 5.18. The lowest BCUT2D eigenvalue weighted by Crippen LogP contribution is -2.14. The molecule has 0 aliphatic carbocycles. The maximum atomic E-state index is 10.9. The van der Waals surface area contributed by atoms with Crippen molar-refractivity contribution in [2.24, 2.45) is 0 Å². The number of carbonyl (C=O) groups is 1. The molecule has 1 aromatic carbocycles. The van der Waals surface area contributed by atoms with Crippen LogP contribution in [0.1, 0.15) is 6.42 Å². The van der Waals surface area contributed by atoms with Crippen molar-refractivity contribution in [1.82, 2.24) is 0 Å². The minimum absolute atomic E-state index is 0.252. The van der Waals surface area contributed by atoms with Crippen molar-refractivity contribution < 1.29 is 38.0 Å². The number of esters is 1. The number of anilines is 1. The molecule has 1 rings (SSSR count). The van der Waals surface area contributed by atoms with Gasteiger partial charge in [0.2, 0.25) is 0 Å². The molecule has 0 saturated heterocycles. The highest BCUT2D eigenvalue weighted by Crippen LogP contribution is 2.12. The smallest absolute Gasteiger partial charge is 0.307 e. The molecule has 0 spiro atoms. The van der Waals surface area contributed by atoms with Gasteiger partial charge in [-0.3, -0.25) is 4.79 Å². The zero-order valence-electron chi connectivity index (χ0n) is 17.1. The molecule has 1 aromatic rings. The number of hydrogen-bond donors (Lipinski definition) is 1. The molecule has 2 N–H and O–H groups in total. The van der Waals surface area contributed by atoms with Gasteiger partial charge in [-0.15, -0.1) is 0 Å². The van der Waals surface area contributed by atoms with Crippen LogP contribution in [0.25, 0.3) is 0 Å². The summed E-state index contributed by atoms with van der Waals surface area (Å²) >= 11 is 0. The van der Waals surface area contributed by atoms with Crippen LogP contribution in [0.2, 0.25) is 0 Å². The maximum Gasteiger partial charge on any atom is 0.307 e. The second kappa shape index (κ2) is 18.1. The van der Waals surface area contributed by atoms with Crippen molar-refractivity contribution in [2.75, 3.05) is 85.5 Å². The number of carbonyl (C=O) groups excluding carboxylic acids is 1. The first-order chi connectivity index (χ1) is 14.2. The van der Waals surface area contributed by atoms with Crippen LogP contribution >= 0.6 is 0 Å². The van der Waals surface area contributed by atoms with Gasteiger partial charge in [0.25, 0.3) is 0 Å². The Bertz CT molecular complexity index is 512. The third kappa shape index (κ3) is 15.7. The zero-order valence-corrected chi connectivity index (χ0v) is 17.1. The summed E-state index contributed by atoms with van der Waals surface area (Å²) in [6.07, 6.45) is 0.252. The van der Waals surface area contributed by atoms with Gasteiger partial charge in [-0.25, -0.2) is 0 Å². The number of benzene rings is 1. The van der Waals surface area contributed by atoms with Crippen LogP contribution in [-0.2, 0) is 33.2 Å². The van der Waals surface area contributed by atoms with Crippen LogP contribution in [0.5, 0.6) is 5.75 Å². The molecule has 0 bridgehead atoms. The Morgan fingerprint density at radius 2 is 1.10 bits per heavy atom. The SMILES string of the molecule is COC(=O)CCOCCOCCOCCOCCOCCOc1ccc(N)cc1. The van der Waals surface area contributed by atoms with Crippen molar-refractivity contribution in [2.45, 2.75) is 6.42 Å². The summed E-state index contributed by atoms with van der Waals surface area (Å²) in [7, 11) is 1.35. The van der Waals surface area contributed by atoms with E-state index in [1.165, 1.54) is 7.11 Å². The minimum atomic E-state index is -0.281. The third-order valence-electron chi connectivity index (χ3n) is 3.54. The van der Waals surface area contributed by atoms with Gasteiger partial charge in [0.05, 0.1) is 79.6 Å². The van der Waals surface area contributed by atoms with Crippen LogP contribution in [0.3, 0.4) is 0 Å². The number of nitrogens with two attached hydrogens (primary N) is 1. The van der Waals surface area contributed by atoms with E-state index in [1.807, 2.05) is 12.1 Å². The Balaban J connectivity index is 1.72. The standard InChI is InChI=1S/C20H33NO8/c1-23-20(22)6-7-24-8-9-25-10-11-26-12-13-27-14-15-28-16-17-29-19-4-2-18(21)3-5-19/h2-5H,6-17,21H2,1H3. The molecule has 166 valence electrons. The first-order valence-corrected chi connectivity index (χ1v) is 9.66. The molecule has 0 amide bonds. The molecule has 0 radical (unpaired) electrons. The topological polar surface area (TPSA) is 108 Å². The van der Waals surface area contributed by atoms with Crippen LogP contribution < -0.4 is 10.5 Å². The summed E-state index contributed by atoms with van der Waals surface area (Å²) in [5.41, 5.74) is 6.32. The zero-order chi connectivity index (χ0) is 21.0. The van der Waals surface area contributed by atoms with Crippen molar-refractivity contribution in [3.8, 4) is 5.75 Å². The van der Waals surface area contributed by atoms with Gasteiger partial charge in [-0.2, -0.15) is 0 Å². The van der Waals surface area contributed by atoms with Crippen molar-refractivity contribution in [3.05, 3.63) is 24.3 Å². The van der Waals surface area contributed by atoms with E-state index in [0.29, 0.717) is 78.4 Å². The predicted molar refractivity (Wildman–Crippen MR) is 107 cm³/mol. The van der Waals surface area contributed by atoms with E-state index in [1.54, 1.807) is 12.1 Å². The van der Waals surface area contributed by atoms with Gasteiger partial charge in [0.1, 0.15) is 12.4 Å². The van der Waals surface area contributed by atoms with E-state index in [-0.39, 0.29) is 12.4 Å². The lowest BCUT2D eigenvalue weighted by atomic mass is 10.3. The Hall–Kier alpha value is -1.91. The molecule has 9 nitrogen and oxygen atoms in total. The fourth-order valence-corrected chi connectivity index (χ4v) is 2.02. The summed E-state index contributed by atoms with van der Waals surface area (Å²) in [4.78, 5) is 10.9. The van der Waals surface area contributed by atoms with Crippen LogP contribution in [0, 0.1) is 0 Å². The number of rotatable bonds is 19. The van der Waals surface area contributed by atoms with Crippen LogP contribution in [0.4, 0.5) is 5.69 Å². The van der Waals surface area contributed by atoms with Gasteiger partial charge >= 0.3 is 5.97 Å². The monoisotopic (exact) mass is 415 g/mol. The molecular formula is C20H33NO8. The summed E-state index contributed by atoms with van der Waals surface area (Å²) in [6, 6.07) is 7.24. The Kier molecular flexibility index (Phi) is 15.7. The number of methoxy groups -OCH3 is 1. The maximum absolute atomic E-state index is 10.9. The molecule has 9 heteroatoms. The lowest BCUT2D eigenvalue weighted by molar-refractivity contribution is -0.141. The molecule has 0 atom stereocenters. The third-order valence-corrected chi connectivity index (χ3v) is 3.54. The van der Waals surface area contributed by atoms with Crippen LogP contribution in [-0.4, -0.2) is 85.8 Å². The highest BCUT2D eigenvalue weighted by atomic mass is 16.6. The second-order valence-electron chi connectivity index (χ2n) is 5.81. The van der Waals surface area contributed by atoms with Gasteiger partial charge in [-0.05, 0) is 24.3 Å². The number of nitrogen functional groups attached to an aromatic ring is 1. The van der Waals surface area contributed by atoms with E-state index >= 15 is 0 Å². The predicted octanol–water partition coefficient (Wildman–Crippen LogP) is 1.29. The molecule has 0 fully saturated rings. The van der Waals surface area contributed by atoms with Gasteiger partial charge in [0.15, 0.2) is 0 Å². The Morgan fingerprint density at radius 3 is 1.55 bits per heavy atom. The van der Waals surface area contributed by atoms with Crippen molar-refractivity contribution >= 4 is 11.7 Å². The van der Waals surface area contributed by atoms with E-state index in [4.69, 9.17) is 34.2 Å². The molecule has 0 heterocycles. The number of ether oxygens (including phenoxy) is 7.